The SMILES string of the molecule is CCCCCCCCCCNC(OCCCC(C)CC)C(C)O. The van der Waals surface area contributed by atoms with Crippen molar-refractivity contribution in [2.24, 2.45) is 5.92 Å². The zero-order chi connectivity index (χ0) is 17.3. The van der Waals surface area contributed by atoms with Gasteiger partial charge < -0.3 is 9.84 Å². The molecule has 0 aromatic heterocycles. The number of nitrogens with one attached hydrogen (secondary N) is 1. The average Bonchev–Trinajstić information content (AvgIpc) is 2.54. The third kappa shape index (κ3) is 15.2. The molecule has 0 amide bonds. The Labute approximate surface area is 145 Å². The number of aliphatic hydroxyl groups excluding tert-OH is 1. The van der Waals surface area contributed by atoms with Crippen LogP contribution in [0.1, 0.15) is 98.3 Å². The summed E-state index contributed by atoms with van der Waals surface area (Å²) in [5.41, 5.74) is 0. The fraction of sp³-hybridized carbons (Fsp3) is 1.00. The number of unbranched alkanes of at least 4 members (excludes halogenated alkanes) is 7. The average molecular weight is 330 g/mol. The summed E-state index contributed by atoms with van der Waals surface area (Å²) >= 11 is 0. The molecular weight excluding hydrogens is 286 g/mol. The third-order valence-corrected chi connectivity index (χ3v) is 4.65. The van der Waals surface area contributed by atoms with Crippen LogP contribution in [0.5, 0.6) is 0 Å². The monoisotopic (exact) mass is 329 g/mol. The van der Waals surface area contributed by atoms with Gasteiger partial charge in [0.05, 0.1) is 6.10 Å². The number of rotatable bonds is 17. The molecule has 2 N–H and O–H groups in total. The van der Waals surface area contributed by atoms with Gasteiger partial charge in [0.2, 0.25) is 0 Å². The van der Waals surface area contributed by atoms with E-state index in [4.69, 9.17) is 4.74 Å². The van der Waals surface area contributed by atoms with Crippen molar-refractivity contribution in [2.45, 2.75) is 111 Å². The topological polar surface area (TPSA) is 41.5 Å². The first-order valence-corrected chi connectivity index (χ1v) is 10.1. The number of hydrogen-bond acceptors (Lipinski definition) is 3. The highest BCUT2D eigenvalue weighted by atomic mass is 16.5. The summed E-state index contributed by atoms with van der Waals surface area (Å²) < 4.78 is 5.81. The minimum atomic E-state index is -0.451. The van der Waals surface area contributed by atoms with Crippen molar-refractivity contribution in [2.75, 3.05) is 13.2 Å². The maximum Gasteiger partial charge on any atom is 0.134 e. The normalized spacial score (nSPS) is 15.5. The van der Waals surface area contributed by atoms with Crippen molar-refractivity contribution in [1.29, 1.82) is 0 Å². The molecule has 0 spiro atoms. The van der Waals surface area contributed by atoms with E-state index in [0.29, 0.717) is 0 Å². The molecule has 0 rings (SSSR count). The molecular formula is C20H43NO2. The van der Waals surface area contributed by atoms with Crippen molar-refractivity contribution in [3.63, 3.8) is 0 Å². The standard InChI is InChI=1S/C20H43NO2/c1-5-7-8-9-10-11-12-13-16-21-20(19(4)22)23-17-14-15-18(3)6-2/h18-22H,5-17H2,1-4H3. The third-order valence-electron chi connectivity index (χ3n) is 4.65. The molecule has 0 aliphatic rings. The van der Waals surface area contributed by atoms with Crippen molar-refractivity contribution < 1.29 is 9.84 Å². The van der Waals surface area contributed by atoms with Crippen molar-refractivity contribution in [3.8, 4) is 0 Å². The highest BCUT2D eigenvalue weighted by molar-refractivity contribution is 4.63. The molecule has 3 atom stereocenters. The molecule has 0 aromatic carbocycles. The van der Waals surface area contributed by atoms with Crippen LogP contribution in [-0.4, -0.2) is 30.6 Å². The molecule has 0 saturated heterocycles. The van der Waals surface area contributed by atoms with Crippen LogP contribution in [0.3, 0.4) is 0 Å². The summed E-state index contributed by atoms with van der Waals surface area (Å²) in [5, 5.41) is 13.2. The fourth-order valence-electron chi connectivity index (χ4n) is 2.72. The van der Waals surface area contributed by atoms with E-state index in [2.05, 4.69) is 26.1 Å². The quantitative estimate of drug-likeness (QED) is 0.282. The van der Waals surface area contributed by atoms with Gasteiger partial charge in [-0.15, -0.1) is 0 Å². The van der Waals surface area contributed by atoms with E-state index in [1.54, 1.807) is 6.92 Å². The molecule has 0 bridgehead atoms. The Kier molecular flexibility index (Phi) is 16.6. The fourth-order valence-corrected chi connectivity index (χ4v) is 2.72. The van der Waals surface area contributed by atoms with Gasteiger partial charge >= 0.3 is 0 Å². The minimum Gasteiger partial charge on any atom is -0.389 e. The van der Waals surface area contributed by atoms with Gasteiger partial charge in [0.1, 0.15) is 6.23 Å². The lowest BCUT2D eigenvalue weighted by molar-refractivity contribution is -0.0499. The first-order chi connectivity index (χ1) is 11.1. The Morgan fingerprint density at radius 3 is 2.04 bits per heavy atom. The lowest BCUT2D eigenvalue weighted by atomic mass is 10.0. The Hall–Kier alpha value is -0.120. The largest absolute Gasteiger partial charge is 0.389 e. The van der Waals surface area contributed by atoms with Gasteiger partial charge in [-0.25, -0.2) is 0 Å². The van der Waals surface area contributed by atoms with Crippen molar-refractivity contribution >= 4 is 0 Å². The Morgan fingerprint density at radius 1 is 0.870 bits per heavy atom. The molecule has 3 heteroatoms. The molecule has 3 unspecified atom stereocenters. The summed E-state index contributed by atoms with van der Waals surface area (Å²) in [6, 6.07) is 0. The van der Waals surface area contributed by atoms with E-state index in [9.17, 15) is 5.11 Å². The van der Waals surface area contributed by atoms with Crippen LogP contribution in [0.25, 0.3) is 0 Å². The van der Waals surface area contributed by atoms with Gasteiger partial charge in [0, 0.05) is 6.61 Å². The van der Waals surface area contributed by atoms with E-state index in [1.165, 1.54) is 64.2 Å². The van der Waals surface area contributed by atoms with Gasteiger partial charge in [0.25, 0.3) is 0 Å². The molecule has 3 nitrogen and oxygen atoms in total. The van der Waals surface area contributed by atoms with Crippen LogP contribution in [0.2, 0.25) is 0 Å². The van der Waals surface area contributed by atoms with Gasteiger partial charge in [-0.2, -0.15) is 0 Å². The zero-order valence-corrected chi connectivity index (χ0v) is 16.3. The van der Waals surface area contributed by atoms with E-state index >= 15 is 0 Å². The first-order valence-electron chi connectivity index (χ1n) is 10.1. The van der Waals surface area contributed by atoms with Crippen LogP contribution < -0.4 is 5.32 Å². The van der Waals surface area contributed by atoms with Crippen LogP contribution in [0, 0.1) is 5.92 Å². The van der Waals surface area contributed by atoms with Crippen molar-refractivity contribution in [3.05, 3.63) is 0 Å². The second-order valence-electron chi connectivity index (χ2n) is 7.12. The highest BCUT2D eigenvalue weighted by Gasteiger charge is 2.14. The highest BCUT2D eigenvalue weighted by Crippen LogP contribution is 2.10. The first kappa shape index (κ1) is 22.9. The molecule has 23 heavy (non-hydrogen) atoms. The summed E-state index contributed by atoms with van der Waals surface area (Å²) in [6.45, 7) is 10.3. The number of hydrogen-bond donors (Lipinski definition) is 2. The second-order valence-corrected chi connectivity index (χ2v) is 7.12. The maximum absolute atomic E-state index is 9.80. The summed E-state index contributed by atoms with van der Waals surface area (Å²) in [5.74, 6) is 0.772. The van der Waals surface area contributed by atoms with E-state index < -0.39 is 6.10 Å². The molecule has 0 aliphatic carbocycles. The molecule has 0 aliphatic heterocycles. The smallest absolute Gasteiger partial charge is 0.134 e. The molecule has 0 fully saturated rings. The van der Waals surface area contributed by atoms with Gasteiger partial charge in [-0.05, 0) is 38.6 Å². The summed E-state index contributed by atoms with van der Waals surface area (Å²) in [6.07, 6.45) is 13.5. The number of ether oxygens (including phenoxy) is 1. The van der Waals surface area contributed by atoms with Gasteiger partial charge in [-0.3, -0.25) is 5.32 Å². The molecule has 0 heterocycles. The van der Waals surface area contributed by atoms with Crippen LogP contribution >= 0.6 is 0 Å². The Morgan fingerprint density at radius 2 is 1.48 bits per heavy atom. The summed E-state index contributed by atoms with van der Waals surface area (Å²) in [4.78, 5) is 0. The second kappa shape index (κ2) is 16.7. The maximum atomic E-state index is 9.80. The lowest BCUT2D eigenvalue weighted by Crippen LogP contribution is -2.41. The van der Waals surface area contributed by atoms with E-state index in [0.717, 1.165) is 25.5 Å². The molecule has 0 saturated carbocycles. The predicted molar refractivity (Wildman–Crippen MR) is 101 cm³/mol. The van der Waals surface area contributed by atoms with Gasteiger partial charge in [0.15, 0.2) is 0 Å². The molecule has 140 valence electrons. The van der Waals surface area contributed by atoms with Crippen LogP contribution in [0.15, 0.2) is 0 Å². The minimum absolute atomic E-state index is 0.212. The van der Waals surface area contributed by atoms with Crippen molar-refractivity contribution in [1.82, 2.24) is 5.32 Å². The zero-order valence-electron chi connectivity index (χ0n) is 16.3. The Balaban J connectivity index is 3.53. The van der Waals surface area contributed by atoms with E-state index in [1.807, 2.05) is 0 Å². The number of aliphatic hydroxyl groups is 1. The van der Waals surface area contributed by atoms with Crippen LogP contribution in [0.4, 0.5) is 0 Å². The lowest BCUT2D eigenvalue weighted by Gasteiger charge is -2.22. The predicted octanol–water partition coefficient (Wildman–Crippen LogP) is 5.27. The molecule has 0 radical (unpaired) electrons. The molecule has 0 aromatic rings. The Bertz CT molecular complexity index is 234. The van der Waals surface area contributed by atoms with Gasteiger partial charge in [-0.1, -0.05) is 72.1 Å². The van der Waals surface area contributed by atoms with Crippen LogP contribution in [-0.2, 0) is 4.74 Å². The summed E-state index contributed by atoms with van der Waals surface area (Å²) in [7, 11) is 0. The van der Waals surface area contributed by atoms with E-state index in [-0.39, 0.29) is 6.23 Å².